The molecule has 0 saturated heterocycles. The zero-order valence-electron chi connectivity index (χ0n) is 17.9. The lowest BCUT2D eigenvalue weighted by Gasteiger charge is -2.17. The fraction of sp³-hybridized carbons (Fsp3) is 0.346. The Hall–Kier alpha value is -3.21. The summed E-state index contributed by atoms with van der Waals surface area (Å²) in [6.45, 7) is 6.01. The first-order valence-corrected chi connectivity index (χ1v) is 11.2. The number of pyridine rings is 2. The van der Waals surface area contributed by atoms with Crippen LogP contribution in [0.3, 0.4) is 0 Å². The summed E-state index contributed by atoms with van der Waals surface area (Å²) >= 11 is 0. The molecule has 1 aromatic carbocycles. The normalized spacial score (nSPS) is 16.4. The molecule has 5 nitrogen and oxygen atoms in total. The molecule has 3 aromatic rings. The highest BCUT2D eigenvalue weighted by molar-refractivity contribution is 5.99. The van der Waals surface area contributed by atoms with E-state index in [1.54, 1.807) is 0 Å². The molecule has 2 saturated carbocycles. The maximum absolute atomic E-state index is 12.2. The van der Waals surface area contributed by atoms with Gasteiger partial charge in [-0.05, 0) is 61.9 Å². The van der Waals surface area contributed by atoms with Crippen LogP contribution in [0, 0.1) is 12.8 Å². The van der Waals surface area contributed by atoms with E-state index in [0.29, 0.717) is 11.9 Å². The number of amides is 1. The molecule has 5 rings (SSSR count). The third-order valence-electron chi connectivity index (χ3n) is 6.38. The van der Waals surface area contributed by atoms with E-state index in [1.165, 1.54) is 18.4 Å². The maximum atomic E-state index is 12.2. The Labute approximate surface area is 183 Å². The minimum absolute atomic E-state index is 0.0681. The van der Waals surface area contributed by atoms with E-state index >= 15 is 0 Å². The van der Waals surface area contributed by atoms with Gasteiger partial charge >= 0.3 is 0 Å². The highest BCUT2D eigenvalue weighted by Crippen LogP contribution is 2.34. The van der Waals surface area contributed by atoms with Crippen molar-refractivity contribution < 1.29 is 4.79 Å². The van der Waals surface area contributed by atoms with Gasteiger partial charge < -0.3 is 10.6 Å². The van der Waals surface area contributed by atoms with E-state index < -0.39 is 0 Å². The monoisotopic (exact) mass is 412 g/mol. The second-order valence-electron chi connectivity index (χ2n) is 8.81. The standard InChI is InChI=1S/C26H28N4O/c1-3-17-9-8-16(2)21(12-17)23-13-19-15-27-24(30-26(31)18-10-11-18)14-22(19)25(29-23)28-20-6-4-5-7-20/h3,8-9,12-15,18,20H,1,4-7,10-11H2,2H3,(H,28,29)(H,27,30,31). The molecular formula is C26H28N4O. The van der Waals surface area contributed by atoms with Gasteiger partial charge in [0.2, 0.25) is 5.91 Å². The van der Waals surface area contributed by atoms with Crippen molar-refractivity contribution in [3.05, 3.63) is 54.2 Å². The molecule has 0 radical (unpaired) electrons. The van der Waals surface area contributed by atoms with E-state index in [4.69, 9.17) is 4.98 Å². The predicted molar refractivity (Wildman–Crippen MR) is 127 cm³/mol. The molecule has 31 heavy (non-hydrogen) atoms. The minimum atomic E-state index is 0.0681. The largest absolute Gasteiger partial charge is 0.367 e. The molecule has 2 aliphatic carbocycles. The summed E-state index contributed by atoms with van der Waals surface area (Å²) in [6.07, 6.45) is 10.5. The number of aryl methyl sites for hydroxylation is 1. The number of hydrogen-bond donors (Lipinski definition) is 2. The van der Waals surface area contributed by atoms with Crippen LogP contribution in [0.1, 0.15) is 49.7 Å². The molecule has 0 spiro atoms. The van der Waals surface area contributed by atoms with Gasteiger partial charge in [0, 0.05) is 34.5 Å². The molecule has 0 atom stereocenters. The van der Waals surface area contributed by atoms with Crippen LogP contribution in [0.2, 0.25) is 0 Å². The van der Waals surface area contributed by atoms with Gasteiger partial charge in [0.05, 0.1) is 5.69 Å². The van der Waals surface area contributed by atoms with Crippen LogP contribution in [-0.2, 0) is 4.79 Å². The van der Waals surface area contributed by atoms with Crippen LogP contribution >= 0.6 is 0 Å². The van der Waals surface area contributed by atoms with Crippen molar-refractivity contribution in [2.24, 2.45) is 5.92 Å². The molecule has 2 fully saturated rings. The Bertz CT molecular complexity index is 1160. The minimum Gasteiger partial charge on any atom is -0.367 e. The van der Waals surface area contributed by atoms with Gasteiger partial charge in [0.25, 0.3) is 0 Å². The smallest absolute Gasteiger partial charge is 0.228 e. The first-order chi connectivity index (χ1) is 15.1. The Morgan fingerprint density at radius 2 is 1.94 bits per heavy atom. The van der Waals surface area contributed by atoms with Crippen molar-refractivity contribution in [2.45, 2.75) is 51.5 Å². The maximum Gasteiger partial charge on any atom is 0.228 e. The SMILES string of the molecule is C=Cc1ccc(C)c(-c2cc3cnc(NC(=O)C4CC4)cc3c(NC3CCCC3)n2)c1. The molecule has 0 aliphatic heterocycles. The number of carbonyl (C=O) groups excluding carboxylic acids is 1. The van der Waals surface area contributed by atoms with Crippen molar-refractivity contribution in [2.75, 3.05) is 10.6 Å². The van der Waals surface area contributed by atoms with Gasteiger partial charge in [0.1, 0.15) is 11.6 Å². The Morgan fingerprint density at radius 1 is 1.13 bits per heavy atom. The lowest BCUT2D eigenvalue weighted by atomic mass is 10.0. The average molecular weight is 413 g/mol. The van der Waals surface area contributed by atoms with E-state index in [2.05, 4.69) is 53.4 Å². The van der Waals surface area contributed by atoms with Crippen molar-refractivity contribution in [3.63, 3.8) is 0 Å². The number of benzene rings is 1. The zero-order valence-corrected chi connectivity index (χ0v) is 17.9. The summed E-state index contributed by atoms with van der Waals surface area (Å²) in [6, 6.07) is 10.8. The topological polar surface area (TPSA) is 66.9 Å². The fourth-order valence-corrected chi connectivity index (χ4v) is 4.34. The first kappa shape index (κ1) is 19.7. The summed E-state index contributed by atoms with van der Waals surface area (Å²) < 4.78 is 0. The average Bonchev–Trinajstić information content (AvgIpc) is 3.51. The van der Waals surface area contributed by atoms with Crippen LogP contribution in [-0.4, -0.2) is 21.9 Å². The summed E-state index contributed by atoms with van der Waals surface area (Å²) in [5, 5.41) is 8.66. The van der Waals surface area contributed by atoms with Gasteiger partial charge in [-0.15, -0.1) is 0 Å². The number of nitrogens with one attached hydrogen (secondary N) is 2. The van der Waals surface area contributed by atoms with Crippen LogP contribution in [0.15, 0.2) is 43.1 Å². The predicted octanol–water partition coefficient (Wildman–Crippen LogP) is 5.95. The van der Waals surface area contributed by atoms with Crippen molar-refractivity contribution in [3.8, 4) is 11.3 Å². The van der Waals surface area contributed by atoms with Gasteiger partial charge in [-0.2, -0.15) is 0 Å². The second kappa shape index (κ2) is 8.14. The molecule has 1 amide bonds. The molecular weight excluding hydrogens is 384 g/mol. The number of hydrogen-bond acceptors (Lipinski definition) is 4. The highest BCUT2D eigenvalue weighted by atomic mass is 16.2. The summed E-state index contributed by atoms with van der Waals surface area (Å²) in [5.41, 5.74) is 4.26. The van der Waals surface area contributed by atoms with Crippen molar-refractivity contribution >= 4 is 34.4 Å². The molecule has 2 heterocycles. The lowest BCUT2D eigenvalue weighted by Crippen LogP contribution is -2.17. The van der Waals surface area contributed by atoms with Crippen LogP contribution in [0.5, 0.6) is 0 Å². The van der Waals surface area contributed by atoms with Gasteiger partial charge in [-0.1, -0.05) is 37.6 Å². The number of anilines is 2. The zero-order chi connectivity index (χ0) is 21.4. The summed E-state index contributed by atoms with van der Waals surface area (Å²) in [7, 11) is 0. The Balaban J connectivity index is 1.59. The third-order valence-corrected chi connectivity index (χ3v) is 6.38. The Kier molecular flexibility index (Phi) is 5.18. The molecule has 2 aliphatic rings. The van der Waals surface area contributed by atoms with Crippen LogP contribution < -0.4 is 10.6 Å². The number of aromatic nitrogens is 2. The van der Waals surface area contributed by atoms with Gasteiger partial charge in [0.15, 0.2) is 0 Å². The van der Waals surface area contributed by atoms with Gasteiger partial charge in [-0.25, -0.2) is 9.97 Å². The molecule has 2 N–H and O–H groups in total. The molecule has 158 valence electrons. The Morgan fingerprint density at radius 3 is 2.68 bits per heavy atom. The van der Waals surface area contributed by atoms with E-state index in [1.807, 2.05) is 18.3 Å². The van der Waals surface area contributed by atoms with Gasteiger partial charge in [-0.3, -0.25) is 4.79 Å². The van der Waals surface area contributed by atoms with E-state index in [9.17, 15) is 4.79 Å². The molecule has 0 unspecified atom stereocenters. The second-order valence-corrected chi connectivity index (χ2v) is 8.81. The third kappa shape index (κ3) is 4.18. The van der Waals surface area contributed by atoms with E-state index in [0.717, 1.165) is 59.1 Å². The first-order valence-electron chi connectivity index (χ1n) is 11.2. The van der Waals surface area contributed by atoms with Crippen LogP contribution in [0.4, 0.5) is 11.6 Å². The summed E-state index contributed by atoms with van der Waals surface area (Å²) in [5.74, 6) is 1.68. The quantitative estimate of drug-likeness (QED) is 0.525. The molecule has 5 heteroatoms. The summed E-state index contributed by atoms with van der Waals surface area (Å²) in [4.78, 5) is 21.8. The number of rotatable bonds is 6. The lowest BCUT2D eigenvalue weighted by molar-refractivity contribution is -0.117. The molecule has 0 bridgehead atoms. The fourth-order valence-electron chi connectivity index (χ4n) is 4.34. The van der Waals surface area contributed by atoms with Crippen LogP contribution in [0.25, 0.3) is 28.1 Å². The van der Waals surface area contributed by atoms with E-state index in [-0.39, 0.29) is 11.8 Å². The number of nitrogens with zero attached hydrogens (tertiary/aromatic N) is 2. The number of carbonyl (C=O) groups is 1. The van der Waals surface area contributed by atoms with Crippen molar-refractivity contribution in [1.82, 2.24) is 9.97 Å². The molecule has 2 aromatic heterocycles. The number of fused-ring (bicyclic) bond motifs is 1. The highest BCUT2D eigenvalue weighted by Gasteiger charge is 2.30. The van der Waals surface area contributed by atoms with Crippen molar-refractivity contribution in [1.29, 1.82) is 0 Å².